The van der Waals surface area contributed by atoms with Gasteiger partial charge in [-0.1, -0.05) is 11.6 Å². The fourth-order valence-corrected chi connectivity index (χ4v) is 3.77. The Bertz CT molecular complexity index is 850. The first-order valence-electron chi connectivity index (χ1n) is 8.43. The minimum atomic E-state index is -3.27. The van der Waals surface area contributed by atoms with Crippen LogP contribution in [0.25, 0.3) is 0 Å². The summed E-state index contributed by atoms with van der Waals surface area (Å²) in [6, 6.07) is 7.52. The van der Waals surface area contributed by atoms with Crippen LogP contribution in [0.15, 0.2) is 35.5 Å². The van der Waals surface area contributed by atoms with Gasteiger partial charge in [-0.3, -0.25) is 0 Å². The van der Waals surface area contributed by atoms with Crippen LogP contribution in [0.1, 0.15) is 19.8 Å². The second-order valence-electron chi connectivity index (χ2n) is 6.53. The van der Waals surface area contributed by atoms with Crippen LogP contribution < -0.4 is 9.64 Å². The molecule has 1 radical (unpaired) electrons. The Morgan fingerprint density at radius 3 is 2.54 bits per heavy atom. The lowest BCUT2D eigenvalue weighted by Gasteiger charge is -2.34. The third-order valence-electron chi connectivity index (χ3n) is 4.58. The third-order valence-corrected chi connectivity index (χ3v) is 5.87. The quantitative estimate of drug-likeness (QED) is 0.776. The van der Waals surface area contributed by atoms with Crippen LogP contribution in [0, 0.1) is 12.0 Å². The minimum Gasteiger partial charge on any atom is -0.490 e. The summed E-state index contributed by atoms with van der Waals surface area (Å²) in [6.45, 7) is 3.71. The SMILES string of the molecule is CC(Oc1c[c]cc(S(C)(=O)=O)c1)C1CCN(c2ncc(Cl)cn2)CC1. The molecule has 0 N–H and O–H groups in total. The monoisotopic (exact) mass is 394 g/mol. The largest absolute Gasteiger partial charge is 0.490 e. The lowest BCUT2D eigenvalue weighted by molar-refractivity contribution is 0.132. The number of anilines is 1. The number of nitrogens with zero attached hydrogens (tertiary/aromatic N) is 3. The van der Waals surface area contributed by atoms with E-state index in [9.17, 15) is 8.42 Å². The van der Waals surface area contributed by atoms with E-state index in [0.29, 0.717) is 22.6 Å². The molecule has 1 aliphatic rings. The number of hydrogen-bond donors (Lipinski definition) is 0. The van der Waals surface area contributed by atoms with E-state index in [1.165, 1.54) is 12.3 Å². The normalized spacial score (nSPS) is 17.1. The van der Waals surface area contributed by atoms with Crippen molar-refractivity contribution in [2.45, 2.75) is 30.8 Å². The molecule has 1 fully saturated rings. The average molecular weight is 395 g/mol. The van der Waals surface area contributed by atoms with Gasteiger partial charge < -0.3 is 9.64 Å². The molecule has 1 atom stereocenters. The van der Waals surface area contributed by atoms with E-state index < -0.39 is 9.84 Å². The summed E-state index contributed by atoms with van der Waals surface area (Å²) in [5.41, 5.74) is 0. The predicted octanol–water partition coefficient (Wildman–Crippen LogP) is 3.02. The predicted molar refractivity (Wildman–Crippen MR) is 100 cm³/mol. The summed E-state index contributed by atoms with van der Waals surface area (Å²) in [6.07, 6.45) is 6.26. The molecule has 0 amide bonds. The van der Waals surface area contributed by atoms with E-state index in [4.69, 9.17) is 16.3 Å². The first-order valence-corrected chi connectivity index (χ1v) is 10.7. The molecule has 0 saturated carbocycles. The molecule has 0 bridgehead atoms. The lowest BCUT2D eigenvalue weighted by atomic mass is 9.92. The molecule has 1 aromatic heterocycles. The number of piperidine rings is 1. The van der Waals surface area contributed by atoms with Crippen molar-refractivity contribution in [1.82, 2.24) is 9.97 Å². The average Bonchev–Trinajstić information content (AvgIpc) is 2.62. The summed E-state index contributed by atoms with van der Waals surface area (Å²) >= 11 is 5.83. The van der Waals surface area contributed by atoms with E-state index in [1.807, 2.05) is 6.92 Å². The maximum absolute atomic E-state index is 11.7. The van der Waals surface area contributed by atoms with Crippen molar-refractivity contribution >= 4 is 27.4 Å². The van der Waals surface area contributed by atoms with Gasteiger partial charge in [-0.25, -0.2) is 18.4 Å². The molecule has 1 saturated heterocycles. The fourth-order valence-electron chi connectivity index (χ4n) is 3.06. The first-order chi connectivity index (χ1) is 12.3. The topological polar surface area (TPSA) is 72.4 Å². The molecule has 26 heavy (non-hydrogen) atoms. The molecule has 2 heterocycles. The fraction of sp³-hybridized carbons (Fsp3) is 0.444. The number of aromatic nitrogens is 2. The summed E-state index contributed by atoms with van der Waals surface area (Å²) in [7, 11) is -3.27. The molecule has 2 aromatic rings. The van der Waals surface area contributed by atoms with Crippen LogP contribution in [0.3, 0.4) is 0 Å². The van der Waals surface area contributed by atoms with Crippen molar-refractivity contribution in [3.05, 3.63) is 41.7 Å². The highest BCUT2D eigenvalue weighted by molar-refractivity contribution is 7.90. The molecule has 139 valence electrons. The number of sulfone groups is 1. The Morgan fingerprint density at radius 2 is 1.92 bits per heavy atom. The minimum absolute atomic E-state index is 0.0218. The van der Waals surface area contributed by atoms with Gasteiger partial charge >= 0.3 is 0 Å². The molecule has 0 spiro atoms. The van der Waals surface area contributed by atoms with Crippen LogP contribution in [0.5, 0.6) is 5.75 Å². The summed E-state index contributed by atoms with van der Waals surface area (Å²) in [5, 5.41) is 0.527. The molecule has 0 aliphatic carbocycles. The van der Waals surface area contributed by atoms with Crippen LogP contribution in [0.2, 0.25) is 5.02 Å². The molecule has 1 aliphatic heterocycles. The number of benzene rings is 1. The van der Waals surface area contributed by atoms with Gasteiger partial charge in [0.05, 0.1) is 28.4 Å². The second-order valence-corrected chi connectivity index (χ2v) is 8.98. The highest BCUT2D eigenvalue weighted by Crippen LogP contribution is 2.27. The highest BCUT2D eigenvalue weighted by atomic mass is 35.5. The zero-order chi connectivity index (χ0) is 18.7. The Morgan fingerprint density at radius 1 is 1.27 bits per heavy atom. The standard InChI is InChI=1S/C18H21ClN3O3S/c1-13(25-16-4-3-5-17(10-16)26(2,23)24)14-6-8-22(9-7-14)18-20-11-15(19)12-21-18/h4-5,10-14H,6-9H2,1-2H3. The molecule has 3 rings (SSSR count). The van der Waals surface area contributed by atoms with Crippen molar-refractivity contribution in [1.29, 1.82) is 0 Å². The van der Waals surface area contributed by atoms with Gasteiger partial charge in [-0.05, 0) is 49.9 Å². The van der Waals surface area contributed by atoms with Gasteiger partial charge in [0.2, 0.25) is 5.95 Å². The Hall–Kier alpha value is -1.86. The zero-order valence-electron chi connectivity index (χ0n) is 14.7. The van der Waals surface area contributed by atoms with Gasteiger partial charge in [-0.2, -0.15) is 0 Å². The Labute approximate surface area is 159 Å². The number of rotatable bonds is 5. The van der Waals surface area contributed by atoms with E-state index in [1.54, 1.807) is 24.5 Å². The first kappa shape index (κ1) is 18.9. The number of halogens is 1. The molecular formula is C18H21ClN3O3S. The second kappa shape index (κ2) is 7.80. The van der Waals surface area contributed by atoms with Crippen molar-refractivity contribution in [3.8, 4) is 5.75 Å². The van der Waals surface area contributed by atoms with E-state index >= 15 is 0 Å². The summed E-state index contributed by atoms with van der Waals surface area (Å²) in [5.74, 6) is 1.60. The van der Waals surface area contributed by atoms with E-state index in [2.05, 4.69) is 20.9 Å². The smallest absolute Gasteiger partial charge is 0.225 e. The van der Waals surface area contributed by atoms with Gasteiger partial charge in [0, 0.05) is 19.3 Å². The molecule has 6 nitrogen and oxygen atoms in total. The van der Waals surface area contributed by atoms with Crippen LogP contribution in [-0.4, -0.2) is 43.8 Å². The van der Waals surface area contributed by atoms with Crippen molar-refractivity contribution < 1.29 is 13.2 Å². The molecular weight excluding hydrogens is 374 g/mol. The molecule has 1 aromatic carbocycles. The number of ether oxygens (including phenoxy) is 1. The van der Waals surface area contributed by atoms with Gasteiger partial charge in [0.1, 0.15) is 5.75 Å². The van der Waals surface area contributed by atoms with Crippen molar-refractivity contribution in [2.75, 3.05) is 24.2 Å². The van der Waals surface area contributed by atoms with E-state index in [-0.39, 0.29) is 11.0 Å². The third kappa shape index (κ3) is 4.65. The lowest BCUT2D eigenvalue weighted by Crippen LogP contribution is -2.39. The van der Waals surface area contributed by atoms with Crippen LogP contribution in [0.4, 0.5) is 5.95 Å². The Kier molecular flexibility index (Phi) is 5.67. The van der Waals surface area contributed by atoms with Crippen LogP contribution in [-0.2, 0) is 9.84 Å². The number of hydrogen-bond acceptors (Lipinski definition) is 6. The van der Waals surface area contributed by atoms with E-state index in [0.717, 1.165) is 25.9 Å². The van der Waals surface area contributed by atoms with Crippen molar-refractivity contribution in [3.63, 3.8) is 0 Å². The Balaban J connectivity index is 1.58. The van der Waals surface area contributed by atoms with Gasteiger partial charge in [0.15, 0.2) is 9.84 Å². The maximum Gasteiger partial charge on any atom is 0.225 e. The van der Waals surface area contributed by atoms with Crippen LogP contribution >= 0.6 is 11.6 Å². The summed E-state index contributed by atoms with van der Waals surface area (Å²) in [4.78, 5) is 10.9. The van der Waals surface area contributed by atoms with Crippen molar-refractivity contribution in [2.24, 2.45) is 5.92 Å². The highest BCUT2D eigenvalue weighted by Gasteiger charge is 2.26. The van der Waals surface area contributed by atoms with Gasteiger partial charge in [0.25, 0.3) is 0 Å². The van der Waals surface area contributed by atoms with Gasteiger partial charge in [-0.15, -0.1) is 0 Å². The molecule has 8 heteroatoms. The summed E-state index contributed by atoms with van der Waals surface area (Å²) < 4.78 is 29.3. The maximum atomic E-state index is 11.7. The molecule has 1 unspecified atom stereocenters. The zero-order valence-corrected chi connectivity index (χ0v) is 16.3.